The molecule has 4 rings (SSSR count). The number of nitrogens with zero attached hydrogens (tertiary/aromatic N) is 3. The van der Waals surface area contributed by atoms with Crippen LogP contribution in [0.5, 0.6) is 0 Å². The van der Waals surface area contributed by atoms with Crippen LogP contribution in [0.4, 0.5) is 5.69 Å². The van der Waals surface area contributed by atoms with E-state index in [2.05, 4.69) is 20.9 Å². The number of carbonyl (C=O) groups is 1. The van der Waals surface area contributed by atoms with Crippen LogP contribution < -0.4 is 4.90 Å². The lowest BCUT2D eigenvalue weighted by atomic mass is 10.0. The standard InChI is InChI=1S/C21H18BrCl2N3O2/c1-12-3-6-15(24)11-16(12)27-18(13-4-7-14(23)8-5-13)19-17(20(27)28)25-21(22)26(19)9-10-29-2/h3-8,11,18H,9-10H2,1-2H3. The van der Waals surface area contributed by atoms with Crippen molar-refractivity contribution in [1.29, 1.82) is 0 Å². The van der Waals surface area contributed by atoms with Crippen molar-refractivity contribution in [3.05, 3.63) is 79.8 Å². The second-order valence-corrected chi connectivity index (χ2v) is 8.40. The summed E-state index contributed by atoms with van der Waals surface area (Å²) in [6.45, 7) is 3.03. The number of hydrogen-bond donors (Lipinski definition) is 0. The van der Waals surface area contributed by atoms with Crippen molar-refractivity contribution in [3.63, 3.8) is 0 Å². The number of aromatic nitrogens is 2. The maximum atomic E-state index is 13.5. The maximum absolute atomic E-state index is 13.5. The second kappa shape index (κ2) is 8.11. The summed E-state index contributed by atoms with van der Waals surface area (Å²) in [5, 5.41) is 1.21. The SMILES string of the molecule is COCCn1c(Br)nc2c1C(c1ccc(Cl)cc1)N(c1cc(Cl)ccc1C)C2=O. The van der Waals surface area contributed by atoms with E-state index >= 15 is 0 Å². The number of ether oxygens (including phenoxy) is 1. The van der Waals surface area contributed by atoms with E-state index in [9.17, 15) is 4.79 Å². The number of fused-ring (bicyclic) bond motifs is 1. The molecule has 0 radical (unpaired) electrons. The van der Waals surface area contributed by atoms with Gasteiger partial charge in [0.25, 0.3) is 5.91 Å². The number of amides is 1. The molecule has 0 saturated heterocycles. The number of benzene rings is 2. The predicted octanol–water partition coefficient (Wildman–Crippen LogP) is 5.66. The first-order valence-corrected chi connectivity index (χ1v) is 10.6. The molecule has 0 aliphatic carbocycles. The highest BCUT2D eigenvalue weighted by molar-refractivity contribution is 9.10. The van der Waals surface area contributed by atoms with Crippen LogP contribution in [0, 0.1) is 6.92 Å². The zero-order chi connectivity index (χ0) is 20.7. The third-order valence-corrected chi connectivity index (χ3v) is 6.13. The molecule has 1 unspecified atom stereocenters. The van der Waals surface area contributed by atoms with Crippen molar-refractivity contribution >= 4 is 50.7 Å². The molecule has 2 aromatic carbocycles. The van der Waals surface area contributed by atoms with Crippen molar-refractivity contribution in [1.82, 2.24) is 9.55 Å². The van der Waals surface area contributed by atoms with Gasteiger partial charge in [-0.25, -0.2) is 4.98 Å². The molecule has 3 aromatic rings. The van der Waals surface area contributed by atoms with Crippen molar-refractivity contribution in [2.75, 3.05) is 18.6 Å². The van der Waals surface area contributed by atoms with Crippen LogP contribution in [0.2, 0.25) is 10.0 Å². The van der Waals surface area contributed by atoms with Crippen LogP contribution in [-0.4, -0.2) is 29.2 Å². The van der Waals surface area contributed by atoms with Crippen molar-refractivity contribution in [3.8, 4) is 0 Å². The van der Waals surface area contributed by atoms with E-state index in [1.165, 1.54) is 0 Å². The molecule has 0 saturated carbocycles. The molecule has 1 aliphatic heterocycles. The average molecular weight is 495 g/mol. The first-order valence-electron chi connectivity index (χ1n) is 9.02. The summed E-state index contributed by atoms with van der Waals surface area (Å²) in [6.07, 6.45) is 0. The van der Waals surface area contributed by atoms with Gasteiger partial charge in [-0.05, 0) is 58.2 Å². The third-order valence-electron chi connectivity index (χ3n) is 5.03. The van der Waals surface area contributed by atoms with Gasteiger partial charge in [0.05, 0.1) is 12.3 Å². The van der Waals surface area contributed by atoms with Crippen LogP contribution >= 0.6 is 39.1 Å². The molecule has 8 heteroatoms. The Morgan fingerprint density at radius 1 is 1.14 bits per heavy atom. The van der Waals surface area contributed by atoms with Gasteiger partial charge in [-0.2, -0.15) is 0 Å². The highest BCUT2D eigenvalue weighted by Gasteiger charge is 2.44. The Morgan fingerprint density at radius 3 is 2.52 bits per heavy atom. The molecule has 29 heavy (non-hydrogen) atoms. The minimum Gasteiger partial charge on any atom is -0.383 e. The molecule has 5 nitrogen and oxygen atoms in total. The van der Waals surface area contributed by atoms with Crippen molar-refractivity contribution in [2.24, 2.45) is 0 Å². The van der Waals surface area contributed by atoms with Crippen LogP contribution in [-0.2, 0) is 11.3 Å². The molecule has 1 atom stereocenters. The minimum absolute atomic E-state index is 0.165. The van der Waals surface area contributed by atoms with E-state index in [1.54, 1.807) is 12.0 Å². The fraction of sp³-hybridized carbons (Fsp3) is 0.238. The highest BCUT2D eigenvalue weighted by atomic mass is 79.9. The Morgan fingerprint density at radius 2 is 1.83 bits per heavy atom. The van der Waals surface area contributed by atoms with Gasteiger partial charge in [0, 0.05) is 29.4 Å². The lowest BCUT2D eigenvalue weighted by Gasteiger charge is -2.28. The Bertz CT molecular complexity index is 1080. The molecule has 150 valence electrons. The van der Waals surface area contributed by atoms with E-state index < -0.39 is 0 Å². The quantitative estimate of drug-likeness (QED) is 0.460. The van der Waals surface area contributed by atoms with Gasteiger partial charge in [0.1, 0.15) is 6.04 Å². The number of carbonyl (C=O) groups excluding carboxylic acids is 1. The monoisotopic (exact) mass is 493 g/mol. The molecule has 1 amide bonds. The van der Waals surface area contributed by atoms with Crippen molar-refractivity contribution in [2.45, 2.75) is 19.5 Å². The molecule has 1 aromatic heterocycles. The number of aryl methyl sites for hydroxylation is 1. The molecule has 2 heterocycles. The zero-order valence-electron chi connectivity index (χ0n) is 15.8. The number of anilines is 1. The van der Waals surface area contributed by atoms with Gasteiger partial charge in [-0.15, -0.1) is 0 Å². The summed E-state index contributed by atoms with van der Waals surface area (Å²) >= 11 is 15.9. The van der Waals surface area contributed by atoms with Gasteiger partial charge < -0.3 is 9.30 Å². The van der Waals surface area contributed by atoms with Crippen LogP contribution in [0.15, 0.2) is 47.2 Å². The second-order valence-electron chi connectivity index (χ2n) is 6.82. The summed E-state index contributed by atoms with van der Waals surface area (Å²) < 4.78 is 7.84. The van der Waals surface area contributed by atoms with E-state index in [0.29, 0.717) is 33.6 Å². The number of hydrogen-bond acceptors (Lipinski definition) is 3. The normalized spacial score (nSPS) is 15.8. The molecular formula is C21H18BrCl2N3O2. The molecule has 1 aliphatic rings. The van der Waals surface area contributed by atoms with Gasteiger partial charge in [-0.1, -0.05) is 41.4 Å². The average Bonchev–Trinajstić information content (AvgIpc) is 3.16. The van der Waals surface area contributed by atoms with Crippen LogP contribution in [0.3, 0.4) is 0 Å². The number of methoxy groups -OCH3 is 1. The summed E-state index contributed by atoms with van der Waals surface area (Å²) in [6, 6.07) is 12.7. The first kappa shape index (κ1) is 20.4. The van der Waals surface area contributed by atoms with Crippen LogP contribution in [0.1, 0.15) is 33.4 Å². The van der Waals surface area contributed by atoms with E-state index in [4.69, 9.17) is 27.9 Å². The van der Waals surface area contributed by atoms with E-state index in [0.717, 1.165) is 22.5 Å². The third kappa shape index (κ3) is 3.59. The summed E-state index contributed by atoms with van der Waals surface area (Å²) in [5.74, 6) is -0.165. The Balaban J connectivity index is 1.93. The predicted molar refractivity (Wildman–Crippen MR) is 118 cm³/mol. The molecule has 0 spiro atoms. The molecule has 0 bridgehead atoms. The Labute approximate surface area is 187 Å². The maximum Gasteiger partial charge on any atom is 0.279 e. The molecule has 0 fully saturated rings. The van der Waals surface area contributed by atoms with Gasteiger partial charge in [0.2, 0.25) is 0 Å². The Kier molecular flexibility index (Phi) is 5.71. The van der Waals surface area contributed by atoms with E-state index in [-0.39, 0.29) is 11.9 Å². The largest absolute Gasteiger partial charge is 0.383 e. The topological polar surface area (TPSA) is 47.4 Å². The number of imidazole rings is 1. The smallest absolute Gasteiger partial charge is 0.279 e. The van der Waals surface area contributed by atoms with E-state index in [1.807, 2.05) is 54.0 Å². The van der Waals surface area contributed by atoms with Gasteiger partial charge in [-0.3, -0.25) is 9.69 Å². The summed E-state index contributed by atoms with van der Waals surface area (Å²) in [7, 11) is 1.65. The van der Waals surface area contributed by atoms with Crippen molar-refractivity contribution < 1.29 is 9.53 Å². The van der Waals surface area contributed by atoms with Gasteiger partial charge >= 0.3 is 0 Å². The number of rotatable bonds is 5. The van der Waals surface area contributed by atoms with Gasteiger partial charge in [0.15, 0.2) is 10.4 Å². The first-order chi connectivity index (χ1) is 13.9. The van der Waals surface area contributed by atoms with Crippen LogP contribution in [0.25, 0.3) is 0 Å². The highest BCUT2D eigenvalue weighted by Crippen LogP contribution is 2.44. The minimum atomic E-state index is -0.359. The summed E-state index contributed by atoms with van der Waals surface area (Å²) in [5.41, 5.74) is 3.89. The zero-order valence-corrected chi connectivity index (χ0v) is 18.9. The molecular weight excluding hydrogens is 477 g/mol. The fourth-order valence-corrected chi connectivity index (χ4v) is 4.50. The Hall–Kier alpha value is -1.86. The lowest BCUT2D eigenvalue weighted by Crippen LogP contribution is -2.30. The summed E-state index contributed by atoms with van der Waals surface area (Å²) in [4.78, 5) is 19.8. The lowest BCUT2D eigenvalue weighted by molar-refractivity contribution is 0.0989. The molecule has 0 N–H and O–H groups in total. The fourth-order valence-electron chi connectivity index (χ4n) is 3.66. The number of halogens is 3.